The Labute approximate surface area is 381 Å². The third-order valence-electron chi connectivity index (χ3n) is 14.9. The van der Waals surface area contributed by atoms with Crippen molar-refractivity contribution in [2.75, 3.05) is 20.8 Å². The summed E-state index contributed by atoms with van der Waals surface area (Å²) in [6, 6.07) is -1.15. The summed E-state index contributed by atoms with van der Waals surface area (Å²) < 4.78 is 23.4. The van der Waals surface area contributed by atoms with Crippen molar-refractivity contribution in [1.29, 1.82) is 0 Å². The van der Waals surface area contributed by atoms with Crippen molar-refractivity contribution in [2.45, 2.75) is 199 Å². The summed E-state index contributed by atoms with van der Waals surface area (Å²) in [5.74, 6) is -7.95. The van der Waals surface area contributed by atoms with Gasteiger partial charge in [-0.15, -0.1) is 0 Å². The van der Waals surface area contributed by atoms with Gasteiger partial charge >= 0.3 is 5.97 Å². The molecule has 0 aromatic rings. The van der Waals surface area contributed by atoms with Crippen molar-refractivity contribution >= 4 is 29.2 Å². The van der Waals surface area contributed by atoms with Gasteiger partial charge in [0, 0.05) is 44.9 Å². The second kappa shape index (κ2) is 24.8. The average Bonchev–Trinajstić information content (AvgIpc) is 3.26. The second-order valence-corrected chi connectivity index (χ2v) is 20.1. The molecule has 1 aliphatic carbocycles. The molecule has 14 nitrogen and oxygen atoms in total. The number of nitrogens with zero attached hydrogens (tertiary/aromatic N) is 1. The normalized spacial score (nSPS) is 41.0. The van der Waals surface area contributed by atoms with Gasteiger partial charge in [0.25, 0.3) is 11.7 Å². The van der Waals surface area contributed by atoms with Crippen LogP contribution in [-0.4, -0.2) is 130 Å². The van der Waals surface area contributed by atoms with E-state index in [-0.39, 0.29) is 67.1 Å². The number of ketones is 3. The number of esters is 1. The Morgan fingerprint density at radius 2 is 1.58 bits per heavy atom. The van der Waals surface area contributed by atoms with Crippen molar-refractivity contribution in [3.05, 3.63) is 23.8 Å². The number of Topliss-reactive ketones (excluding diaryl/α,β-unsaturated/α-hetero) is 3. The zero-order valence-corrected chi connectivity index (χ0v) is 40.1. The lowest BCUT2D eigenvalue weighted by Gasteiger charge is -2.42. The van der Waals surface area contributed by atoms with E-state index in [2.05, 4.69) is 13.0 Å². The van der Waals surface area contributed by atoms with Crippen molar-refractivity contribution in [1.82, 2.24) is 4.90 Å². The highest BCUT2D eigenvalue weighted by Gasteiger charge is 2.53. The molecule has 1 amide bonds. The molecule has 64 heavy (non-hydrogen) atoms. The van der Waals surface area contributed by atoms with Gasteiger partial charge in [-0.05, 0) is 126 Å². The Bertz CT molecular complexity index is 1630. The number of cyclic esters (lactones) is 1. The Morgan fingerprint density at radius 3 is 2.27 bits per heavy atom. The van der Waals surface area contributed by atoms with E-state index in [1.165, 1.54) is 12.0 Å². The minimum atomic E-state index is -2.45. The fourth-order valence-corrected chi connectivity index (χ4v) is 10.3. The summed E-state index contributed by atoms with van der Waals surface area (Å²) >= 11 is 0. The van der Waals surface area contributed by atoms with E-state index in [9.17, 15) is 44.4 Å². The molecule has 16 atom stereocenters. The van der Waals surface area contributed by atoms with Gasteiger partial charge < -0.3 is 44.3 Å². The van der Waals surface area contributed by atoms with E-state index in [1.54, 1.807) is 34.0 Å². The molecular weight excluding hydrogens is 823 g/mol. The van der Waals surface area contributed by atoms with E-state index in [4.69, 9.17) is 18.9 Å². The number of allylic oxidation sites excluding steroid dienone is 3. The number of carbonyl (C=O) groups excluding carboxylic acids is 5. The molecule has 364 valence electrons. The number of hydrogen-bond donors (Lipinski definition) is 4. The first-order chi connectivity index (χ1) is 30.2. The van der Waals surface area contributed by atoms with E-state index < -0.39 is 83.9 Å². The number of methoxy groups -OCH3 is 2. The third-order valence-corrected chi connectivity index (χ3v) is 14.9. The first-order valence-corrected chi connectivity index (χ1v) is 24.2. The van der Waals surface area contributed by atoms with Crippen molar-refractivity contribution in [2.24, 2.45) is 41.4 Å². The number of amides is 1. The lowest BCUT2D eigenvalue weighted by molar-refractivity contribution is -0.266. The first kappa shape index (κ1) is 53.8. The molecule has 0 radical (unpaired) electrons. The topological polar surface area (TPSA) is 206 Å². The van der Waals surface area contributed by atoms with E-state index in [0.29, 0.717) is 63.4 Å². The van der Waals surface area contributed by atoms with Gasteiger partial charge in [-0.1, -0.05) is 59.8 Å². The zero-order valence-electron chi connectivity index (χ0n) is 40.1. The maximum absolute atomic E-state index is 14.3. The summed E-state index contributed by atoms with van der Waals surface area (Å²) in [4.78, 5) is 71.5. The van der Waals surface area contributed by atoms with Gasteiger partial charge in [-0.3, -0.25) is 19.2 Å². The van der Waals surface area contributed by atoms with E-state index >= 15 is 0 Å². The molecule has 4 N–H and O–H groups in total. The lowest BCUT2D eigenvalue weighted by atomic mass is 9.78. The number of fused-ring (bicyclic) bond motifs is 3. The number of rotatable bonds is 5. The summed E-state index contributed by atoms with van der Waals surface area (Å²) in [6.07, 6.45) is 7.29. The Morgan fingerprint density at radius 1 is 0.859 bits per heavy atom. The molecule has 4 rings (SSSR count). The summed E-state index contributed by atoms with van der Waals surface area (Å²) in [5.41, 5.74) is 0.396. The maximum atomic E-state index is 14.3. The van der Waals surface area contributed by atoms with Crippen LogP contribution in [0.4, 0.5) is 0 Å². The van der Waals surface area contributed by atoms with Gasteiger partial charge in [0.05, 0.1) is 24.4 Å². The number of carbonyl (C=O) groups is 5. The van der Waals surface area contributed by atoms with Crippen LogP contribution in [0.1, 0.15) is 145 Å². The molecule has 3 heterocycles. The third kappa shape index (κ3) is 14.1. The Balaban J connectivity index is 1.66. The molecule has 1 unspecified atom stereocenters. The standard InChI is InChI=1S/C50H81NO13/c1-29-15-11-10-12-16-30(2)40(53)27-37-20-18-35(7)50(60,64-37)47(57)48(58)51-22-14-13-17-38(51)49(59)63-42(32(4)25-36-19-21-39(52)43(26-36)61-8)28-41(54)31(3)24-34(6)45(56)46(62-9)44(55)33(5)23-29/h10,12,24,29-33,35-40,42-43,45-46,52-53,56,60H,11,13-23,25-28H2,1-9H3/b12-10+,34-24+/t29-,30?,31-,32-,33-,35-,36-,37+,38+,39-,40+,42+,43-,45-,46+,50-/m1/s1. The second-order valence-electron chi connectivity index (χ2n) is 20.1. The number of hydrogen-bond acceptors (Lipinski definition) is 13. The van der Waals surface area contributed by atoms with Gasteiger partial charge in [0.1, 0.15) is 30.1 Å². The van der Waals surface area contributed by atoms with Crippen LogP contribution in [-0.2, 0) is 42.9 Å². The van der Waals surface area contributed by atoms with Gasteiger partial charge in [0.15, 0.2) is 5.78 Å². The maximum Gasteiger partial charge on any atom is 0.329 e. The fourth-order valence-electron chi connectivity index (χ4n) is 10.3. The SMILES string of the molecule is CO[C@@H]1C[C@@H](C[C@@H](C)[C@@H]2CC(=O)[C@H](C)/C=C(\C)[C@@H](O)[C@@H](OC)C(=O)[C@H](C)C[C@H](C)CC/C=C/CC(C)[C@@H](O)C[C@@H]3CC[C@@H](C)[C@@](O)(O3)C(=O)C(=O)N3CCCC[C@H]3C(=O)O2)CC[C@H]1O. The average molecular weight is 904 g/mol. The summed E-state index contributed by atoms with van der Waals surface area (Å²) in [7, 11) is 2.95. The van der Waals surface area contributed by atoms with Gasteiger partial charge in [-0.2, -0.15) is 0 Å². The fraction of sp³-hybridized carbons (Fsp3) is 0.820. The summed E-state index contributed by atoms with van der Waals surface area (Å²) in [5, 5.41) is 44.9. The number of aliphatic hydroxyl groups excluding tert-OH is 3. The predicted molar refractivity (Wildman–Crippen MR) is 240 cm³/mol. The van der Waals surface area contributed by atoms with Gasteiger partial charge in [0.2, 0.25) is 5.79 Å². The van der Waals surface area contributed by atoms with E-state index in [0.717, 1.165) is 19.3 Å². The molecule has 2 bridgehead atoms. The number of piperidine rings is 1. The van der Waals surface area contributed by atoms with Crippen molar-refractivity contribution < 1.29 is 63.3 Å². The predicted octanol–water partition coefficient (Wildman–Crippen LogP) is 5.83. The van der Waals surface area contributed by atoms with Crippen LogP contribution in [0, 0.1) is 41.4 Å². The molecule has 4 aliphatic rings. The van der Waals surface area contributed by atoms with Crippen LogP contribution in [0.15, 0.2) is 23.8 Å². The quantitative estimate of drug-likeness (QED) is 0.146. The highest BCUT2D eigenvalue weighted by molar-refractivity contribution is 6.39. The highest BCUT2D eigenvalue weighted by atomic mass is 16.6. The highest BCUT2D eigenvalue weighted by Crippen LogP contribution is 2.38. The van der Waals surface area contributed by atoms with Crippen LogP contribution in [0.2, 0.25) is 0 Å². The largest absolute Gasteiger partial charge is 0.460 e. The number of ether oxygens (including phenoxy) is 4. The van der Waals surface area contributed by atoms with E-state index in [1.807, 2.05) is 26.8 Å². The monoisotopic (exact) mass is 904 g/mol. The van der Waals surface area contributed by atoms with Crippen LogP contribution in [0.3, 0.4) is 0 Å². The zero-order chi connectivity index (χ0) is 47.5. The van der Waals surface area contributed by atoms with Gasteiger partial charge in [-0.25, -0.2) is 4.79 Å². The van der Waals surface area contributed by atoms with Crippen LogP contribution in [0.5, 0.6) is 0 Å². The molecule has 1 saturated carbocycles. The van der Waals surface area contributed by atoms with Crippen LogP contribution in [0.25, 0.3) is 0 Å². The molecule has 0 aromatic heterocycles. The minimum absolute atomic E-state index is 0.0794. The molecular formula is C50H81NO13. The smallest absolute Gasteiger partial charge is 0.329 e. The number of aliphatic hydroxyl groups is 4. The van der Waals surface area contributed by atoms with Crippen molar-refractivity contribution in [3.63, 3.8) is 0 Å². The first-order valence-electron chi connectivity index (χ1n) is 24.2. The Hall–Kier alpha value is -2.85. The molecule has 3 fully saturated rings. The van der Waals surface area contributed by atoms with Crippen molar-refractivity contribution in [3.8, 4) is 0 Å². The molecule has 2 saturated heterocycles. The minimum Gasteiger partial charge on any atom is -0.460 e. The molecule has 14 heteroatoms. The van der Waals surface area contributed by atoms with Crippen LogP contribution < -0.4 is 0 Å². The molecule has 0 spiro atoms. The molecule has 0 aromatic carbocycles. The Kier molecular flexibility index (Phi) is 20.8. The molecule has 3 aliphatic heterocycles. The summed E-state index contributed by atoms with van der Waals surface area (Å²) in [6.45, 7) is 12.8. The lowest BCUT2D eigenvalue weighted by Crippen LogP contribution is -2.61. The van der Waals surface area contributed by atoms with Crippen LogP contribution >= 0.6 is 0 Å².